The molecule has 0 radical (unpaired) electrons. The fraction of sp³-hybridized carbons (Fsp3) is 0.278. The summed E-state index contributed by atoms with van der Waals surface area (Å²) in [6.07, 6.45) is 0. The van der Waals surface area contributed by atoms with Crippen molar-refractivity contribution < 1.29 is 23.5 Å². The Morgan fingerprint density at radius 1 is 1.23 bits per heavy atom. The number of benzene rings is 1. The number of amides is 2. The van der Waals surface area contributed by atoms with Gasteiger partial charge in [0.05, 0.1) is 22.6 Å². The molecule has 0 saturated carbocycles. The number of carbonyl (C=O) groups excluding carboxylic acids is 3. The SMILES string of the molecule is CCOC(=O)c1c(NC(=O)c2ccccc2F)sc(C(=O)N(C)C)c1C. The van der Waals surface area contributed by atoms with Crippen molar-refractivity contribution in [2.75, 3.05) is 26.0 Å². The molecule has 0 aliphatic rings. The number of hydrogen-bond donors (Lipinski definition) is 1. The number of anilines is 1. The number of nitrogens with zero attached hydrogens (tertiary/aromatic N) is 1. The van der Waals surface area contributed by atoms with Crippen LogP contribution in [-0.4, -0.2) is 43.4 Å². The maximum absolute atomic E-state index is 13.8. The summed E-state index contributed by atoms with van der Waals surface area (Å²) in [6, 6.07) is 5.51. The van der Waals surface area contributed by atoms with Gasteiger partial charge in [-0.15, -0.1) is 11.3 Å². The van der Waals surface area contributed by atoms with Crippen molar-refractivity contribution in [2.24, 2.45) is 0 Å². The van der Waals surface area contributed by atoms with E-state index < -0.39 is 17.7 Å². The Balaban J connectivity index is 2.47. The summed E-state index contributed by atoms with van der Waals surface area (Å²) in [7, 11) is 3.17. The van der Waals surface area contributed by atoms with E-state index in [0.29, 0.717) is 10.4 Å². The lowest BCUT2D eigenvalue weighted by atomic mass is 10.1. The van der Waals surface area contributed by atoms with Crippen LogP contribution in [0, 0.1) is 12.7 Å². The Kier molecular flexibility index (Phi) is 6.10. The van der Waals surface area contributed by atoms with E-state index in [0.717, 1.165) is 11.3 Å². The van der Waals surface area contributed by atoms with Gasteiger partial charge in [0.2, 0.25) is 0 Å². The first-order valence-electron chi connectivity index (χ1n) is 7.85. The number of rotatable bonds is 5. The molecule has 0 unspecified atom stereocenters. The molecule has 6 nitrogen and oxygen atoms in total. The molecule has 138 valence electrons. The van der Waals surface area contributed by atoms with Gasteiger partial charge in [0.1, 0.15) is 10.8 Å². The van der Waals surface area contributed by atoms with E-state index in [1.807, 2.05) is 0 Å². The third-order valence-electron chi connectivity index (χ3n) is 3.57. The smallest absolute Gasteiger partial charge is 0.341 e. The van der Waals surface area contributed by atoms with Gasteiger partial charge < -0.3 is 15.0 Å². The van der Waals surface area contributed by atoms with Crippen molar-refractivity contribution in [1.29, 1.82) is 0 Å². The van der Waals surface area contributed by atoms with Gasteiger partial charge in [-0.1, -0.05) is 12.1 Å². The summed E-state index contributed by atoms with van der Waals surface area (Å²) in [6.45, 7) is 3.41. The van der Waals surface area contributed by atoms with Crippen molar-refractivity contribution in [3.63, 3.8) is 0 Å². The van der Waals surface area contributed by atoms with Crippen LogP contribution in [0.15, 0.2) is 24.3 Å². The van der Waals surface area contributed by atoms with Crippen LogP contribution in [0.5, 0.6) is 0 Å². The standard InChI is InChI=1S/C18H19FN2O4S/c1-5-25-18(24)13-10(2)14(17(23)21(3)4)26-16(13)20-15(22)11-8-6-7-9-12(11)19/h6-9H,5H2,1-4H3,(H,20,22). The van der Waals surface area contributed by atoms with Crippen LogP contribution < -0.4 is 5.32 Å². The normalized spacial score (nSPS) is 10.3. The first-order chi connectivity index (χ1) is 12.3. The summed E-state index contributed by atoms with van der Waals surface area (Å²) >= 11 is 0.959. The molecular formula is C18H19FN2O4S. The second kappa shape index (κ2) is 8.09. The average Bonchev–Trinajstić information content (AvgIpc) is 2.90. The van der Waals surface area contributed by atoms with Crippen LogP contribution in [0.25, 0.3) is 0 Å². The third-order valence-corrected chi connectivity index (χ3v) is 4.77. The lowest BCUT2D eigenvalue weighted by Gasteiger charge is -2.09. The zero-order valence-corrected chi connectivity index (χ0v) is 15.7. The van der Waals surface area contributed by atoms with Crippen molar-refractivity contribution in [1.82, 2.24) is 4.90 Å². The molecule has 8 heteroatoms. The highest BCUT2D eigenvalue weighted by molar-refractivity contribution is 7.18. The first kappa shape index (κ1) is 19.6. The van der Waals surface area contributed by atoms with Crippen LogP contribution in [0.1, 0.15) is 42.9 Å². The Hall–Kier alpha value is -2.74. The minimum absolute atomic E-state index is 0.103. The quantitative estimate of drug-likeness (QED) is 0.810. The van der Waals surface area contributed by atoms with Gasteiger partial charge in [0, 0.05) is 14.1 Å². The molecule has 0 spiro atoms. The summed E-state index contributed by atoms with van der Waals surface area (Å²) in [5.74, 6) is -2.34. The molecule has 2 amide bonds. The van der Waals surface area contributed by atoms with E-state index in [1.54, 1.807) is 27.9 Å². The molecule has 2 aromatic rings. The number of halogens is 1. The monoisotopic (exact) mass is 378 g/mol. The van der Waals surface area contributed by atoms with Crippen molar-refractivity contribution in [3.05, 3.63) is 51.7 Å². The number of nitrogens with one attached hydrogen (secondary N) is 1. The zero-order valence-electron chi connectivity index (χ0n) is 14.9. The van der Waals surface area contributed by atoms with E-state index in [-0.39, 0.29) is 28.6 Å². The molecule has 0 aliphatic carbocycles. The predicted molar refractivity (Wildman–Crippen MR) is 97.4 cm³/mol. The summed E-state index contributed by atoms with van der Waals surface area (Å²) in [4.78, 5) is 38.7. The number of ether oxygens (including phenoxy) is 1. The minimum atomic E-state index is -0.709. The Labute approximate surface area is 154 Å². The van der Waals surface area contributed by atoms with E-state index >= 15 is 0 Å². The van der Waals surface area contributed by atoms with Crippen LogP contribution in [0.4, 0.5) is 9.39 Å². The van der Waals surface area contributed by atoms with Gasteiger partial charge in [-0.3, -0.25) is 9.59 Å². The van der Waals surface area contributed by atoms with Gasteiger partial charge >= 0.3 is 5.97 Å². The molecule has 1 heterocycles. The van der Waals surface area contributed by atoms with Gasteiger partial charge in [-0.05, 0) is 31.5 Å². The van der Waals surface area contributed by atoms with Gasteiger partial charge in [-0.2, -0.15) is 0 Å². The molecule has 0 fully saturated rings. The van der Waals surface area contributed by atoms with Gasteiger partial charge in [0.15, 0.2) is 0 Å². The third kappa shape index (κ3) is 3.91. The number of thiophene rings is 1. The molecule has 26 heavy (non-hydrogen) atoms. The zero-order chi connectivity index (χ0) is 19.4. The van der Waals surface area contributed by atoms with Crippen molar-refractivity contribution in [2.45, 2.75) is 13.8 Å². The van der Waals surface area contributed by atoms with Crippen LogP contribution in [0.2, 0.25) is 0 Å². The fourth-order valence-corrected chi connectivity index (χ4v) is 3.48. The maximum Gasteiger partial charge on any atom is 0.341 e. The molecule has 1 aromatic heterocycles. The fourth-order valence-electron chi connectivity index (χ4n) is 2.27. The lowest BCUT2D eigenvalue weighted by Crippen LogP contribution is -2.21. The number of esters is 1. The predicted octanol–water partition coefficient (Wildman–Crippen LogP) is 3.33. The van der Waals surface area contributed by atoms with E-state index in [9.17, 15) is 18.8 Å². The Bertz CT molecular complexity index is 861. The molecule has 0 saturated heterocycles. The molecule has 1 N–H and O–H groups in total. The van der Waals surface area contributed by atoms with Crippen LogP contribution >= 0.6 is 11.3 Å². The van der Waals surface area contributed by atoms with E-state index in [1.165, 1.54) is 29.2 Å². The molecular weight excluding hydrogens is 359 g/mol. The van der Waals surface area contributed by atoms with Crippen LogP contribution in [0.3, 0.4) is 0 Å². The molecule has 0 aliphatic heterocycles. The second-order valence-electron chi connectivity index (χ2n) is 5.61. The summed E-state index contributed by atoms with van der Waals surface area (Å²) in [5, 5.41) is 2.68. The molecule has 0 atom stereocenters. The van der Waals surface area contributed by atoms with E-state index in [2.05, 4.69) is 5.32 Å². The van der Waals surface area contributed by atoms with Crippen molar-refractivity contribution in [3.8, 4) is 0 Å². The Morgan fingerprint density at radius 3 is 2.46 bits per heavy atom. The first-order valence-corrected chi connectivity index (χ1v) is 8.67. The largest absolute Gasteiger partial charge is 0.462 e. The average molecular weight is 378 g/mol. The summed E-state index contributed by atoms with van der Waals surface area (Å²) < 4.78 is 18.9. The van der Waals surface area contributed by atoms with Gasteiger partial charge in [-0.25, -0.2) is 9.18 Å². The topological polar surface area (TPSA) is 75.7 Å². The maximum atomic E-state index is 13.8. The molecule has 1 aromatic carbocycles. The molecule has 2 rings (SSSR count). The number of carbonyl (C=O) groups is 3. The Morgan fingerprint density at radius 2 is 1.88 bits per heavy atom. The second-order valence-corrected chi connectivity index (χ2v) is 6.63. The minimum Gasteiger partial charge on any atom is -0.462 e. The lowest BCUT2D eigenvalue weighted by molar-refractivity contribution is 0.0527. The number of hydrogen-bond acceptors (Lipinski definition) is 5. The highest BCUT2D eigenvalue weighted by Crippen LogP contribution is 2.34. The summed E-state index contributed by atoms with van der Waals surface area (Å²) in [5.41, 5.74) is 0.358. The molecule has 0 bridgehead atoms. The van der Waals surface area contributed by atoms with Gasteiger partial charge in [0.25, 0.3) is 11.8 Å². The van der Waals surface area contributed by atoms with Crippen LogP contribution in [-0.2, 0) is 4.74 Å². The van der Waals surface area contributed by atoms with Crippen molar-refractivity contribution >= 4 is 34.1 Å². The highest BCUT2D eigenvalue weighted by Gasteiger charge is 2.27. The highest BCUT2D eigenvalue weighted by atomic mass is 32.1. The van der Waals surface area contributed by atoms with E-state index in [4.69, 9.17) is 4.74 Å².